The Morgan fingerprint density at radius 1 is 0.789 bits per heavy atom. The number of nitrogens with zero attached hydrogens (tertiary/aromatic N) is 1. The number of nitrogens with one attached hydrogen (secondary N) is 1. The molecule has 0 spiro atoms. The lowest BCUT2D eigenvalue weighted by Gasteiger charge is -2.32. The smallest absolute Gasteiger partial charge is 0.247 e. The van der Waals surface area contributed by atoms with E-state index in [1.54, 1.807) is 17.0 Å². The van der Waals surface area contributed by atoms with E-state index < -0.39 is 6.04 Å². The van der Waals surface area contributed by atoms with Gasteiger partial charge in [-0.1, -0.05) is 78.9 Å². The number of halogens is 1. The number of hydrogen-bond donors (Lipinski definition) is 1. The van der Waals surface area contributed by atoms with Gasteiger partial charge in [0.05, 0.1) is 6.42 Å². The average molecular weight is 511 g/mol. The van der Waals surface area contributed by atoms with E-state index in [1.807, 2.05) is 78.9 Å². The van der Waals surface area contributed by atoms with E-state index in [0.29, 0.717) is 17.1 Å². The highest BCUT2D eigenvalue weighted by Crippen LogP contribution is 2.32. The second-order valence-electron chi connectivity index (χ2n) is 9.03. The van der Waals surface area contributed by atoms with Crippen molar-refractivity contribution >= 4 is 11.8 Å². The van der Waals surface area contributed by atoms with E-state index >= 15 is 0 Å². The molecule has 2 amide bonds. The second-order valence-corrected chi connectivity index (χ2v) is 9.03. The largest absolute Gasteiger partial charge is 0.454 e. The van der Waals surface area contributed by atoms with Gasteiger partial charge in [0.15, 0.2) is 11.5 Å². The third-order valence-electron chi connectivity index (χ3n) is 6.36. The zero-order chi connectivity index (χ0) is 26.3. The van der Waals surface area contributed by atoms with Crippen molar-refractivity contribution in [1.29, 1.82) is 0 Å². The molecule has 1 atom stereocenters. The molecule has 5 rings (SSSR count). The second kappa shape index (κ2) is 11.6. The molecular weight excluding hydrogens is 483 g/mol. The lowest BCUT2D eigenvalue weighted by Crippen LogP contribution is -2.43. The number of carbonyl (C=O) groups excluding carboxylic acids is 2. The molecule has 1 heterocycles. The molecule has 1 aliphatic rings. The minimum atomic E-state index is -0.897. The minimum absolute atomic E-state index is 0.126. The first-order chi connectivity index (χ1) is 18.6. The highest BCUT2D eigenvalue weighted by Gasteiger charge is 2.31. The quantitative estimate of drug-likeness (QED) is 0.337. The van der Waals surface area contributed by atoms with E-state index in [2.05, 4.69) is 5.32 Å². The SMILES string of the molecule is O=C(NCc1ccc2c(c1)OCO2)[C@H](c1ccccc1)N(Cc1ccc(F)cc1)C(=O)Cc1ccccc1. The van der Waals surface area contributed by atoms with Crippen molar-refractivity contribution in [2.75, 3.05) is 6.79 Å². The highest BCUT2D eigenvalue weighted by atomic mass is 19.1. The lowest BCUT2D eigenvalue weighted by atomic mass is 10.0. The fourth-order valence-corrected chi connectivity index (χ4v) is 4.43. The Bertz CT molecular complexity index is 1390. The number of hydrogen-bond acceptors (Lipinski definition) is 4. The first-order valence-corrected chi connectivity index (χ1v) is 12.4. The van der Waals surface area contributed by atoms with Gasteiger partial charge in [0.2, 0.25) is 18.6 Å². The molecule has 0 bridgehead atoms. The van der Waals surface area contributed by atoms with Gasteiger partial charge in [-0.25, -0.2) is 4.39 Å². The molecular formula is C31H27FN2O4. The molecule has 6 nitrogen and oxygen atoms in total. The van der Waals surface area contributed by atoms with Crippen molar-refractivity contribution < 1.29 is 23.5 Å². The molecule has 0 saturated heterocycles. The summed E-state index contributed by atoms with van der Waals surface area (Å²) in [5, 5.41) is 2.99. The van der Waals surface area contributed by atoms with Crippen LogP contribution in [0.1, 0.15) is 28.3 Å². The molecule has 7 heteroatoms. The van der Waals surface area contributed by atoms with Crippen LogP contribution in [0.25, 0.3) is 0 Å². The molecule has 38 heavy (non-hydrogen) atoms. The van der Waals surface area contributed by atoms with Gasteiger partial charge < -0.3 is 19.7 Å². The van der Waals surface area contributed by atoms with Crippen LogP contribution in [0.4, 0.5) is 4.39 Å². The number of benzene rings is 4. The number of fused-ring (bicyclic) bond motifs is 1. The van der Waals surface area contributed by atoms with E-state index in [0.717, 1.165) is 16.7 Å². The molecule has 0 aromatic heterocycles. The van der Waals surface area contributed by atoms with Gasteiger partial charge in [-0.05, 0) is 46.5 Å². The normalized spacial score (nSPS) is 12.6. The Labute approximate surface area is 220 Å². The topological polar surface area (TPSA) is 67.9 Å². The van der Waals surface area contributed by atoms with Crippen LogP contribution in [0.15, 0.2) is 103 Å². The van der Waals surface area contributed by atoms with Crippen LogP contribution in [0.2, 0.25) is 0 Å². The van der Waals surface area contributed by atoms with Crippen LogP contribution in [-0.2, 0) is 29.1 Å². The summed E-state index contributed by atoms with van der Waals surface area (Å²) in [7, 11) is 0. The number of rotatable bonds is 9. The molecule has 4 aromatic carbocycles. The van der Waals surface area contributed by atoms with Crippen molar-refractivity contribution in [2.24, 2.45) is 0 Å². The van der Waals surface area contributed by atoms with Crippen molar-refractivity contribution in [3.05, 3.63) is 131 Å². The van der Waals surface area contributed by atoms with Crippen molar-refractivity contribution in [3.8, 4) is 11.5 Å². The molecule has 1 aliphatic heterocycles. The molecule has 0 radical (unpaired) electrons. The Hall–Kier alpha value is -4.65. The third-order valence-corrected chi connectivity index (χ3v) is 6.36. The molecule has 192 valence electrons. The minimum Gasteiger partial charge on any atom is -0.454 e. The molecule has 1 N–H and O–H groups in total. The monoisotopic (exact) mass is 510 g/mol. The van der Waals surface area contributed by atoms with Crippen LogP contribution in [0.5, 0.6) is 11.5 Å². The first-order valence-electron chi connectivity index (χ1n) is 12.4. The van der Waals surface area contributed by atoms with Gasteiger partial charge in [-0.2, -0.15) is 0 Å². The Morgan fingerprint density at radius 2 is 1.45 bits per heavy atom. The number of carbonyl (C=O) groups is 2. The maximum absolute atomic E-state index is 13.8. The summed E-state index contributed by atoms with van der Waals surface area (Å²) in [4.78, 5) is 29.1. The summed E-state index contributed by atoms with van der Waals surface area (Å²) in [6.45, 7) is 0.558. The fraction of sp³-hybridized carbons (Fsp3) is 0.161. The maximum Gasteiger partial charge on any atom is 0.247 e. The molecule has 0 saturated carbocycles. The van der Waals surface area contributed by atoms with Gasteiger partial charge >= 0.3 is 0 Å². The summed E-state index contributed by atoms with van der Waals surface area (Å²) in [6.07, 6.45) is 0.126. The van der Waals surface area contributed by atoms with E-state index in [-0.39, 0.29) is 43.9 Å². The Morgan fingerprint density at radius 3 is 2.18 bits per heavy atom. The summed E-state index contributed by atoms with van der Waals surface area (Å²) in [5.41, 5.74) is 3.08. The first kappa shape index (κ1) is 25.0. The van der Waals surface area contributed by atoms with E-state index in [4.69, 9.17) is 9.47 Å². The van der Waals surface area contributed by atoms with Crippen molar-refractivity contribution in [2.45, 2.75) is 25.6 Å². The summed E-state index contributed by atoms with van der Waals surface area (Å²) in [5.74, 6) is 0.397. The molecule has 0 fully saturated rings. The van der Waals surface area contributed by atoms with Crippen LogP contribution >= 0.6 is 0 Å². The highest BCUT2D eigenvalue weighted by molar-refractivity contribution is 5.89. The van der Waals surface area contributed by atoms with E-state index in [9.17, 15) is 14.0 Å². The Kier molecular flexibility index (Phi) is 7.64. The average Bonchev–Trinajstić information content (AvgIpc) is 3.42. The lowest BCUT2D eigenvalue weighted by molar-refractivity contribution is -0.141. The van der Waals surface area contributed by atoms with Crippen LogP contribution in [-0.4, -0.2) is 23.5 Å². The zero-order valence-corrected chi connectivity index (χ0v) is 20.7. The molecule has 4 aromatic rings. The predicted octanol–water partition coefficient (Wildman–Crippen LogP) is 5.18. The predicted molar refractivity (Wildman–Crippen MR) is 141 cm³/mol. The zero-order valence-electron chi connectivity index (χ0n) is 20.7. The van der Waals surface area contributed by atoms with E-state index in [1.165, 1.54) is 12.1 Å². The van der Waals surface area contributed by atoms with Gasteiger partial charge in [-0.3, -0.25) is 9.59 Å². The number of amides is 2. The van der Waals surface area contributed by atoms with Gasteiger partial charge in [0, 0.05) is 13.1 Å². The molecule has 0 unspecified atom stereocenters. The van der Waals surface area contributed by atoms with Crippen LogP contribution in [0, 0.1) is 5.82 Å². The third kappa shape index (κ3) is 6.00. The molecule has 0 aliphatic carbocycles. The van der Waals surface area contributed by atoms with Crippen molar-refractivity contribution in [1.82, 2.24) is 10.2 Å². The van der Waals surface area contributed by atoms with Crippen molar-refractivity contribution in [3.63, 3.8) is 0 Å². The summed E-state index contributed by atoms with van der Waals surface area (Å²) < 4.78 is 24.4. The summed E-state index contributed by atoms with van der Waals surface area (Å²) in [6, 6.07) is 29.2. The Balaban J connectivity index is 1.44. The summed E-state index contributed by atoms with van der Waals surface area (Å²) >= 11 is 0. The fourth-order valence-electron chi connectivity index (χ4n) is 4.43. The van der Waals surface area contributed by atoms with Gasteiger partial charge in [0.1, 0.15) is 11.9 Å². The van der Waals surface area contributed by atoms with Gasteiger partial charge in [-0.15, -0.1) is 0 Å². The maximum atomic E-state index is 13.8. The number of ether oxygens (including phenoxy) is 2. The standard InChI is InChI=1S/C31H27FN2O4/c32-26-14-11-23(12-15-26)20-34(29(35)18-22-7-3-1-4-8-22)30(25-9-5-2-6-10-25)31(36)33-19-24-13-16-27-28(17-24)38-21-37-27/h1-17,30H,18-21H2,(H,33,36)/t30-/m0/s1. The van der Waals surface area contributed by atoms with Crippen LogP contribution in [0.3, 0.4) is 0 Å². The van der Waals surface area contributed by atoms with Gasteiger partial charge in [0.25, 0.3) is 0 Å². The van der Waals surface area contributed by atoms with Crippen LogP contribution < -0.4 is 14.8 Å².